The first kappa shape index (κ1) is 25.8. The summed E-state index contributed by atoms with van der Waals surface area (Å²) in [5.74, 6) is -0.233. The van der Waals surface area contributed by atoms with Crippen molar-refractivity contribution in [2.45, 2.75) is 17.9 Å². The van der Waals surface area contributed by atoms with Crippen LogP contribution in [0.2, 0.25) is 5.02 Å². The number of benzene rings is 3. The predicted molar refractivity (Wildman–Crippen MR) is 149 cm³/mol. The molecular formula is C27H27ClN4O3S2. The Balaban J connectivity index is 1.40. The minimum atomic E-state index is -3.68. The zero-order valence-electron chi connectivity index (χ0n) is 20.6. The van der Waals surface area contributed by atoms with Crippen molar-refractivity contribution < 1.29 is 13.2 Å². The summed E-state index contributed by atoms with van der Waals surface area (Å²) in [7, 11) is 0.204. The van der Waals surface area contributed by atoms with Gasteiger partial charge in [-0.15, -0.1) is 0 Å². The van der Waals surface area contributed by atoms with Gasteiger partial charge in [-0.3, -0.25) is 9.69 Å². The molecule has 0 fully saturated rings. The Morgan fingerprint density at radius 2 is 1.76 bits per heavy atom. The lowest BCUT2D eigenvalue weighted by atomic mass is 10.0. The average Bonchev–Trinajstić information content (AvgIpc) is 3.31. The second kappa shape index (κ2) is 10.5. The Hall–Kier alpha value is -2.82. The van der Waals surface area contributed by atoms with E-state index in [1.54, 1.807) is 23.1 Å². The molecule has 0 unspecified atom stereocenters. The van der Waals surface area contributed by atoms with Crippen LogP contribution in [0.1, 0.15) is 21.5 Å². The molecule has 4 aromatic rings. The van der Waals surface area contributed by atoms with E-state index in [1.807, 2.05) is 55.4 Å². The Kier molecular flexibility index (Phi) is 7.33. The van der Waals surface area contributed by atoms with E-state index in [2.05, 4.69) is 4.98 Å². The molecule has 0 saturated carbocycles. The number of likely N-dealkylation sites (N-methyl/N-ethyl adjacent to an activating group) is 1. The number of carbonyl (C=O) groups excluding carboxylic acids is 1. The van der Waals surface area contributed by atoms with Gasteiger partial charge in [0.1, 0.15) is 0 Å². The number of hydrogen-bond donors (Lipinski definition) is 0. The average molecular weight is 555 g/mol. The van der Waals surface area contributed by atoms with Crippen molar-refractivity contribution in [1.29, 1.82) is 0 Å². The molecule has 0 saturated heterocycles. The van der Waals surface area contributed by atoms with Crippen molar-refractivity contribution in [3.63, 3.8) is 0 Å². The number of carbonyl (C=O) groups is 1. The minimum absolute atomic E-state index is 0.179. The Labute approximate surface area is 226 Å². The number of amides is 1. The predicted octanol–water partition coefficient (Wildman–Crippen LogP) is 4.91. The van der Waals surface area contributed by atoms with E-state index in [-0.39, 0.29) is 10.8 Å². The molecule has 10 heteroatoms. The zero-order chi connectivity index (χ0) is 26.2. The Morgan fingerprint density at radius 3 is 2.49 bits per heavy atom. The van der Waals surface area contributed by atoms with Gasteiger partial charge < -0.3 is 4.90 Å². The number of sulfonamides is 1. The van der Waals surface area contributed by atoms with Crippen LogP contribution in [0.15, 0.2) is 71.6 Å². The van der Waals surface area contributed by atoms with E-state index in [9.17, 15) is 13.2 Å². The Morgan fingerprint density at radius 1 is 1.03 bits per heavy atom. The number of fused-ring (bicyclic) bond motifs is 2. The molecule has 0 aliphatic carbocycles. The lowest BCUT2D eigenvalue weighted by Crippen LogP contribution is -2.37. The molecule has 5 rings (SSSR count). The topological polar surface area (TPSA) is 73.8 Å². The third kappa shape index (κ3) is 5.42. The van der Waals surface area contributed by atoms with Crippen LogP contribution < -0.4 is 4.90 Å². The first-order valence-electron chi connectivity index (χ1n) is 11.9. The molecule has 3 aromatic carbocycles. The smallest absolute Gasteiger partial charge is 0.260 e. The molecule has 1 amide bonds. The number of halogens is 1. The van der Waals surface area contributed by atoms with Crippen LogP contribution in [-0.4, -0.2) is 62.2 Å². The van der Waals surface area contributed by atoms with Gasteiger partial charge in [-0.2, -0.15) is 4.31 Å². The summed E-state index contributed by atoms with van der Waals surface area (Å²) in [5.41, 5.74) is 3.39. The third-order valence-electron chi connectivity index (χ3n) is 6.42. The SMILES string of the molecule is CN(C)CCN(C(=O)c1ccc(S(=O)(=O)N2CCc3ccccc3C2)cc1)c1nc2ccc(Cl)cc2s1. The molecule has 0 atom stereocenters. The van der Waals surface area contributed by atoms with E-state index in [0.717, 1.165) is 15.8 Å². The molecule has 0 N–H and O–H groups in total. The lowest BCUT2D eigenvalue weighted by Gasteiger charge is -2.28. The van der Waals surface area contributed by atoms with E-state index in [0.29, 0.717) is 48.3 Å². The summed E-state index contributed by atoms with van der Waals surface area (Å²) in [6.45, 7) is 1.86. The van der Waals surface area contributed by atoms with Gasteiger partial charge in [-0.25, -0.2) is 13.4 Å². The van der Waals surface area contributed by atoms with Crippen LogP contribution in [0, 0.1) is 0 Å². The molecule has 1 aliphatic rings. The first-order valence-corrected chi connectivity index (χ1v) is 14.6. The maximum Gasteiger partial charge on any atom is 0.260 e. The zero-order valence-corrected chi connectivity index (χ0v) is 23.0. The van der Waals surface area contributed by atoms with Crippen LogP contribution >= 0.6 is 22.9 Å². The van der Waals surface area contributed by atoms with Crippen LogP contribution in [0.4, 0.5) is 5.13 Å². The van der Waals surface area contributed by atoms with Gasteiger partial charge in [-0.05, 0) is 74.1 Å². The van der Waals surface area contributed by atoms with E-state index in [1.165, 1.54) is 33.3 Å². The standard InChI is InChI=1S/C27H27ClN4O3S2/c1-30(2)15-16-32(27-29-24-12-9-22(28)17-25(24)36-27)26(33)20-7-10-23(11-8-20)37(34,35)31-14-13-19-5-3-4-6-21(19)18-31/h3-12,17H,13-16,18H2,1-2H3. The molecule has 1 aromatic heterocycles. The van der Waals surface area contributed by atoms with Gasteiger partial charge in [0, 0.05) is 36.8 Å². The van der Waals surface area contributed by atoms with Gasteiger partial charge >= 0.3 is 0 Å². The fourth-order valence-corrected chi connectivity index (χ4v) is 7.02. The van der Waals surface area contributed by atoms with Crippen LogP contribution in [0.5, 0.6) is 0 Å². The van der Waals surface area contributed by atoms with Gasteiger partial charge in [-0.1, -0.05) is 47.2 Å². The molecule has 192 valence electrons. The van der Waals surface area contributed by atoms with E-state index in [4.69, 9.17) is 11.6 Å². The maximum absolute atomic E-state index is 13.6. The summed E-state index contributed by atoms with van der Waals surface area (Å²) >= 11 is 7.54. The number of rotatable bonds is 7. The highest BCUT2D eigenvalue weighted by Gasteiger charge is 2.29. The van der Waals surface area contributed by atoms with Crippen LogP contribution in [0.25, 0.3) is 10.2 Å². The quantitative estimate of drug-likeness (QED) is 0.325. The molecular weight excluding hydrogens is 528 g/mol. The summed E-state index contributed by atoms with van der Waals surface area (Å²) in [5, 5.41) is 1.19. The van der Waals surface area contributed by atoms with Crippen LogP contribution in [0.3, 0.4) is 0 Å². The van der Waals surface area contributed by atoms with Crippen molar-refractivity contribution >= 4 is 54.2 Å². The normalized spacial score (nSPS) is 14.2. The van der Waals surface area contributed by atoms with Crippen molar-refractivity contribution in [2.75, 3.05) is 38.6 Å². The molecule has 0 spiro atoms. The van der Waals surface area contributed by atoms with Gasteiger partial charge in [0.05, 0.1) is 15.1 Å². The van der Waals surface area contributed by atoms with Gasteiger partial charge in [0.15, 0.2) is 5.13 Å². The summed E-state index contributed by atoms with van der Waals surface area (Å²) in [6, 6.07) is 19.6. The summed E-state index contributed by atoms with van der Waals surface area (Å²) in [6.07, 6.45) is 0.681. The highest BCUT2D eigenvalue weighted by molar-refractivity contribution is 7.89. The second-order valence-corrected chi connectivity index (χ2v) is 12.6. The Bertz CT molecular complexity index is 1550. The first-order chi connectivity index (χ1) is 17.7. The minimum Gasteiger partial charge on any atom is -0.308 e. The van der Waals surface area contributed by atoms with E-state index >= 15 is 0 Å². The highest BCUT2D eigenvalue weighted by Crippen LogP contribution is 2.32. The number of thiazole rings is 1. The van der Waals surface area contributed by atoms with Crippen LogP contribution in [-0.2, 0) is 23.0 Å². The van der Waals surface area contributed by atoms with Gasteiger partial charge in [0.2, 0.25) is 10.0 Å². The fraction of sp³-hybridized carbons (Fsp3) is 0.259. The monoisotopic (exact) mass is 554 g/mol. The number of anilines is 1. The third-order valence-corrected chi connectivity index (χ3v) is 9.56. The number of aromatic nitrogens is 1. The molecule has 7 nitrogen and oxygen atoms in total. The molecule has 0 bridgehead atoms. The van der Waals surface area contributed by atoms with Crippen molar-refractivity contribution in [2.24, 2.45) is 0 Å². The van der Waals surface area contributed by atoms with Crippen molar-refractivity contribution in [3.8, 4) is 0 Å². The van der Waals surface area contributed by atoms with Crippen molar-refractivity contribution in [3.05, 3.63) is 88.4 Å². The molecule has 2 heterocycles. The number of hydrogen-bond acceptors (Lipinski definition) is 6. The second-order valence-electron chi connectivity index (χ2n) is 9.25. The van der Waals surface area contributed by atoms with E-state index < -0.39 is 10.0 Å². The number of nitrogens with zero attached hydrogens (tertiary/aromatic N) is 4. The fourth-order valence-electron chi connectivity index (χ4n) is 4.34. The maximum atomic E-state index is 13.6. The molecule has 0 radical (unpaired) electrons. The van der Waals surface area contributed by atoms with Crippen molar-refractivity contribution in [1.82, 2.24) is 14.2 Å². The summed E-state index contributed by atoms with van der Waals surface area (Å²) in [4.78, 5) is 22.1. The van der Waals surface area contributed by atoms with Gasteiger partial charge in [0.25, 0.3) is 5.91 Å². The largest absolute Gasteiger partial charge is 0.308 e. The lowest BCUT2D eigenvalue weighted by molar-refractivity contribution is 0.0985. The molecule has 1 aliphatic heterocycles. The summed E-state index contributed by atoms with van der Waals surface area (Å²) < 4.78 is 29.1. The molecule has 37 heavy (non-hydrogen) atoms. The highest BCUT2D eigenvalue weighted by atomic mass is 35.5.